The van der Waals surface area contributed by atoms with Gasteiger partial charge in [0.2, 0.25) is 0 Å². The third kappa shape index (κ3) is 8.09. The van der Waals surface area contributed by atoms with E-state index in [0.29, 0.717) is 0 Å². The Bertz CT molecular complexity index is 505. The average Bonchev–Trinajstić information content (AvgIpc) is 2.24. The largest absolute Gasteiger partial charge is 0.443 e. The molecule has 0 aliphatic carbocycles. The van der Waals surface area contributed by atoms with E-state index in [1.54, 1.807) is 39.3 Å². The van der Waals surface area contributed by atoms with E-state index in [4.69, 9.17) is 13.8 Å². The summed E-state index contributed by atoms with van der Waals surface area (Å²) in [7, 11) is -7.95. The van der Waals surface area contributed by atoms with E-state index in [0.717, 1.165) is 0 Å². The summed E-state index contributed by atoms with van der Waals surface area (Å²) in [6, 6.07) is 0. The molecule has 0 aliphatic rings. The molecule has 2 N–H and O–H groups in total. The zero-order valence-electron chi connectivity index (χ0n) is 13.7. The first kappa shape index (κ1) is 21.3. The first-order valence-electron chi connectivity index (χ1n) is 6.77. The number of hydrogen-bond donors (Lipinski definition) is 2. The molecule has 0 aromatic carbocycles. The van der Waals surface area contributed by atoms with E-state index >= 15 is 0 Å². The molecule has 0 saturated heterocycles. The Morgan fingerprint density at radius 2 is 1.64 bits per heavy atom. The third-order valence-electron chi connectivity index (χ3n) is 2.03. The van der Waals surface area contributed by atoms with Gasteiger partial charge in [-0.3, -0.25) is 4.57 Å². The van der Waals surface area contributed by atoms with E-state index in [1.165, 1.54) is 6.92 Å². The van der Waals surface area contributed by atoms with Crippen LogP contribution in [0.5, 0.6) is 0 Å². The molecule has 0 aromatic rings. The molecular weight excluding hydrogens is 335 g/mol. The van der Waals surface area contributed by atoms with Crippen LogP contribution < -0.4 is 9.44 Å². The predicted octanol–water partition coefficient (Wildman–Crippen LogP) is 1.96. The van der Waals surface area contributed by atoms with Crippen molar-refractivity contribution in [2.45, 2.75) is 52.9 Å². The highest BCUT2D eigenvalue weighted by molar-refractivity contribution is 7.88. The number of carbonyl (C=O) groups excluding carboxylic acids is 1. The number of rotatable bonds is 8. The van der Waals surface area contributed by atoms with Gasteiger partial charge in [-0.05, 0) is 41.5 Å². The minimum atomic E-state index is -4.28. The summed E-state index contributed by atoms with van der Waals surface area (Å²) in [6.45, 7) is 9.47. The van der Waals surface area contributed by atoms with Gasteiger partial charge in [0.25, 0.3) is 0 Å². The maximum absolute atomic E-state index is 12.4. The lowest BCUT2D eigenvalue weighted by Gasteiger charge is -2.24. The SMILES string of the molecule is CCOP(=O)(OCC)C(C)NS(=O)(=O)NC(=O)OC(C)(C)C. The van der Waals surface area contributed by atoms with Crippen LogP contribution in [0.4, 0.5) is 4.79 Å². The van der Waals surface area contributed by atoms with Crippen LogP contribution >= 0.6 is 7.60 Å². The zero-order valence-corrected chi connectivity index (χ0v) is 15.4. The van der Waals surface area contributed by atoms with Crippen LogP contribution in [0.25, 0.3) is 0 Å². The van der Waals surface area contributed by atoms with Crippen molar-refractivity contribution in [2.24, 2.45) is 0 Å². The molecule has 0 fully saturated rings. The van der Waals surface area contributed by atoms with Crippen molar-refractivity contribution in [2.75, 3.05) is 13.2 Å². The first-order chi connectivity index (χ1) is 9.85. The molecule has 9 nitrogen and oxygen atoms in total. The minimum Gasteiger partial charge on any atom is -0.443 e. The smallest absolute Gasteiger partial charge is 0.422 e. The summed E-state index contributed by atoms with van der Waals surface area (Å²) >= 11 is 0. The van der Waals surface area contributed by atoms with E-state index < -0.39 is 35.3 Å². The van der Waals surface area contributed by atoms with Gasteiger partial charge < -0.3 is 13.8 Å². The van der Waals surface area contributed by atoms with Gasteiger partial charge >= 0.3 is 23.9 Å². The summed E-state index contributed by atoms with van der Waals surface area (Å²) in [6.07, 6.45) is -1.14. The normalized spacial score (nSPS) is 14.5. The van der Waals surface area contributed by atoms with Crippen LogP contribution in [0.3, 0.4) is 0 Å². The standard InChI is InChI=1S/C11H25N2O7PS/c1-7-18-21(15,19-8-2)9(3)12-22(16,17)13-10(14)20-11(4,5)6/h9,12H,7-8H2,1-6H3,(H,13,14). The fourth-order valence-corrected chi connectivity index (χ4v) is 4.29. The molecule has 0 saturated carbocycles. The molecule has 0 bridgehead atoms. The molecule has 0 rings (SSSR count). The number of hydrogen-bond acceptors (Lipinski definition) is 7. The maximum atomic E-state index is 12.4. The maximum Gasteiger partial charge on any atom is 0.422 e. The van der Waals surface area contributed by atoms with Crippen molar-refractivity contribution in [1.82, 2.24) is 9.44 Å². The Morgan fingerprint density at radius 3 is 2.00 bits per heavy atom. The Morgan fingerprint density at radius 1 is 1.18 bits per heavy atom. The molecule has 1 amide bonds. The molecular formula is C11H25N2O7PS. The van der Waals surface area contributed by atoms with Crippen LogP contribution in [0, 0.1) is 0 Å². The summed E-state index contributed by atoms with van der Waals surface area (Å²) in [4.78, 5) is 11.5. The van der Waals surface area contributed by atoms with Gasteiger partial charge in [-0.1, -0.05) is 0 Å². The second kappa shape index (κ2) is 8.26. The van der Waals surface area contributed by atoms with Gasteiger partial charge in [-0.25, -0.2) is 9.52 Å². The molecule has 1 atom stereocenters. The van der Waals surface area contributed by atoms with Crippen LogP contribution in [0.2, 0.25) is 0 Å². The topological polar surface area (TPSA) is 120 Å². The van der Waals surface area contributed by atoms with Crippen LogP contribution in [0.1, 0.15) is 41.5 Å². The highest BCUT2D eigenvalue weighted by atomic mass is 32.2. The van der Waals surface area contributed by atoms with Crippen molar-refractivity contribution in [3.05, 3.63) is 0 Å². The molecule has 132 valence electrons. The summed E-state index contributed by atoms with van der Waals surface area (Å²) in [5.41, 5.74) is -0.850. The van der Waals surface area contributed by atoms with Crippen molar-refractivity contribution < 1.29 is 31.6 Å². The van der Waals surface area contributed by atoms with Gasteiger partial charge in [-0.2, -0.15) is 13.1 Å². The zero-order chi connectivity index (χ0) is 17.6. The molecule has 0 aliphatic heterocycles. The highest BCUT2D eigenvalue weighted by Crippen LogP contribution is 2.51. The van der Waals surface area contributed by atoms with Crippen molar-refractivity contribution in [3.63, 3.8) is 0 Å². The monoisotopic (exact) mass is 360 g/mol. The third-order valence-corrected chi connectivity index (χ3v) is 5.62. The fraction of sp³-hybridized carbons (Fsp3) is 0.909. The van der Waals surface area contributed by atoms with Gasteiger partial charge in [0.15, 0.2) is 0 Å². The Balaban J connectivity index is 4.89. The van der Waals surface area contributed by atoms with Gasteiger partial charge in [0, 0.05) is 0 Å². The second-order valence-corrected chi connectivity index (χ2v) is 9.09. The van der Waals surface area contributed by atoms with Crippen molar-refractivity contribution in [1.29, 1.82) is 0 Å². The summed E-state index contributed by atoms with van der Waals surface area (Å²) in [5.74, 6) is -1.17. The Kier molecular flexibility index (Phi) is 8.01. The van der Waals surface area contributed by atoms with E-state index in [-0.39, 0.29) is 13.2 Å². The number of carbonyl (C=O) groups is 1. The lowest BCUT2D eigenvalue weighted by atomic mass is 10.2. The van der Waals surface area contributed by atoms with Crippen LogP contribution in [-0.4, -0.2) is 39.1 Å². The Labute approximate surface area is 131 Å². The van der Waals surface area contributed by atoms with Crippen LogP contribution in [0.15, 0.2) is 0 Å². The highest BCUT2D eigenvalue weighted by Gasteiger charge is 2.35. The Hall–Kier alpha value is -0.670. The van der Waals surface area contributed by atoms with Crippen molar-refractivity contribution in [3.8, 4) is 0 Å². The molecule has 1 unspecified atom stereocenters. The average molecular weight is 360 g/mol. The molecule has 22 heavy (non-hydrogen) atoms. The fourth-order valence-electron chi connectivity index (χ4n) is 1.35. The first-order valence-corrected chi connectivity index (χ1v) is 9.86. The minimum absolute atomic E-state index is 0.0862. The summed E-state index contributed by atoms with van der Waals surface area (Å²) < 4.78 is 54.6. The van der Waals surface area contributed by atoms with E-state index in [9.17, 15) is 17.8 Å². The van der Waals surface area contributed by atoms with Crippen LogP contribution in [-0.2, 0) is 28.6 Å². The lowest BCUT2D eigenvalue weighted by molar-refractivity contribution is 0.0569. The molecule has 0 aromatic heterocycles. The van der Waals surface area contributed by atoms with Crippen molar-refractivity contribution >= 4 is 23.9 Å². The quantitative estimate of drug-likeness (QED) is 0.635. The van der Waals surface area contributed by atoms with Gasteiger partial charge in [-0.15, -0.1) is 0 Å². The lowest BCUT2D eigenvalue weighted by Crippen LogP contribution is -2.46. The second-order valence-electron chi connectivity index (χ2n) is 5.28. The van der Waals surface area contributed by atoms with E-state index in [1.807, 2.05) is 4.72 Å². The van der Waals surface area contributed by atoms with Gasteiger partial charge in [0.1, 0.15) is 11.4 Å². The molecule has 0 radical (unpaired) electrons. The number of ether oxygens (including phenoxy) is 1. The number of amides is 1. The number of nitrogens with one attached hydrogen (secondary N) is 2. The predicted molar refractivity (Wildman–Crippen MR) is 81.7 cm³/mol. The molecule has 11 heteroatoms. The summed E-state index contributed by atoms with van der Waals surface area (Å²) in [5, 5.41) is 0. The van der Waals surface area contributed by atoms with Gasteiger partial charge in [0.05, 0.1) is 13.2 Å². The molecule has 0 spiro atoms. The van der Waals surface area contributed by atoms with E-state index in [2.05, 4.69) is 0 Å². The molecule has 0 heterocycles.